The van der Waals surface area contributed by atoms with Gasteiger partial charge in [-0.3, -0.25) is 14.4 Å². The summed E-state index contributed by atoms with van der Waals surface area (Å²) in [5.41, 5.74) is 1.31. The monoisotopic (exact) mass is 510 g/mol. The van der Waals surface area contributed by atoms with Crippen LogP contribution in [-0.2, 0) is 19.1 Å². The van der Waals surface area contributed by atoms with E-state index in [2.05, 4.69) is 5.32 Å². The van der Waals surface area contributed by atoms with Crippen molar-refractivity contribution in [3.8, 4) is 5.75 Å². The summed E-state index contributed by atoms with van der Waals surface area (Å²) in [5, 5.41) is 13.4. The number of carbonyl (C=O) groups excluding carboxylic acids is 3. The van der Waals surface area contributed by atoms with Gasteiger partial charge in [0.2, 0.25) is 11.8 Å². The fourth-order valence-electron chi connectivity index (χ4n) is 6.15. The molecule has 2 aromatic carbocycles. The average molecular weight is 511 g/mol. The van der Waals surface area contributed by atoms with Crippen LogP contribution >= 0.6 is 11.8 Å². The van der Waals surface area contributed by atoms with Crippen molar-refractivity contribution in [3.63, 3.8) is 0 Å². The number of nitrogens with zero attached hydrogens (tertiary/aromatic N) is 1. The molecule has 0 aromatic heterocycles. The van der Waals surface area contributed by atoms with Crippen molar-refractivity contribution in [1.82, 2.24) is 4.90 Å². The Labute approximate surface area is 214 Å². The van der Waals surface area contributed by atoms with Crippen LogP contribution in [0.5, 0.6) is 5.75 Å². The average Bonchev–Trinajstić information content (AvgIpc) is 3.53. The van der Waals surface area contributed by atoms with Crippen LogP contribution in [0.25, 0.3) is 0 Å². The summed E-state index contributed by atoms with van der Waals surface area (Å²) in [6.07, 6.45) is 1.37. The largest absolute Gasteiger partial charge is 0.497 e. The number of aliphatic hydroxyl groups is 1. The zero-order chi connectivity index (χ0) is 25.4. The molecule has 0 saturated carbocycles. The Balaban J connectivity index is 1.56. The molecule has 1 spiro atoms. The second-order valence-electron chi connectivity index (χ2n) is 9.38. The first-order valence-corrected chi connectivity index (χ1v) is 13.1. The van der Waals surface area contributed by atoms with Gasteiger partial charge in [-0.2, -0.15) is 0 Å². The Kier molecular flexibility index (Phi) is 6.70. The second-order valence-corrected chi connectivity index (χ2v) is 11.0. The molecule has 190 valence electrons. The Morgan fingerprint density at radius 2 is 1.92 bits per heavy atom. The molecule has 3 saturated heterocycles. The summed E-state index contributed by atoms with van der Waals surface area (Å²) in [7, 11) is 1.57. The Hall–Kier alpha value is -3.04. The van der Waals surface area contributed by atoms with E-state index in [-0.39, 0.29) is 36.2 Å². The minimum absolute atomic E-state index is 0.0688. The van der Waals surface area contributed by atoms with E-state index >= 15 is 0 Å². The number of nitrogens with one attached hydrogen (secondary N) is 1. The molecular weight excluding hydrogens is 480 g/mol. The highest BCUT2D eigenvalue weighted by molar-refractivity contribution is 8.02. The van der Waals surface area contributed by atoms with Crippen molar-refractivity contribution in [2.75, 3.05) is 25.6 Å². The van der Waals surface area contributed by atoms with Crippen molar-refractivity contribution in [3.05, 3.63) is 60.2 Å². The SMILES string of the molecule is CCOC(=O)[C@@H]1[C@H]2C(=O)N([C@H](CO)c3ccccc3)C(C(=O)Nc3ccc(OC)cc3)C23CC[C@H]1S3. The van der Waals surface area contributed by atoms with Gasteiger partial charge in [0.15, 0.2) is 0 Å². The Morgan fingerprint density at radius 1 is 1.19 bits per heavy atom. The van der Waals surface area contributed by atoms with Crippen LogP contribution in [0.15, 0.2) is 54.6 Å². The van der Waals surface area contributed by atoms with E-state index < -0.39 is 28.7 Å². The van der Waals surface area contributed by atoms with Crippen LogP contribution in [0.4, 0.5) is 5.69 Å². The molecule has 2 aromatic rings. The van der Waals surface area contributed by atoms with Crippen molar-refractivity contribution in [1.29, 1.82) is 0 Å². The molecule has 5 rings (SSSR count). The van der Waals surface area contributed by atoms with Crippen molar-refractivity contribution >= 4 is 35.2 Å². The third-order valence-corrected chi connectivity index (χ3v) is 9.55. The van der Waals surface area contributed by atoms with Crippen LogP contribution in [0.3, 0.4) is 0 Å². The lowest BCUT2D eigenvalue weighted by molar-refractivity contribution is -0.154. The molecule has 3 fully saturated rings. The Bertz CT molecular complexity index is 1140. The number of methoxy groups -OCH3 is 1. The molecular formula is C27H30N2O6S. The van der Waals surface area contributed by atoms with E-state index in [4.69, 9.17) is 9.47 Å². The smallest absolute Gasteiger partial charge is 0.310 e. The van der Waals surface area contributed by atoms with E-state index in [0.29, 0.717) is 17.9 Å². The third-order valence-electron chi connectivity index (χ3n) is 7.60. The summed E-state index contributed by atoms with van der Waals surface area (Å²) in [6.45, 7) is 1.64. The van der Waals surface area contributed by atoms with Gasteiger partial charge in [0.05, 0.1) is 42.9 Å². The van der Waals surface area contributed by atoms with Gasteiger partial charge in [-0.05, 0) is 49.6 Å². The number of rotatable bonds is 8. The van der Waals surface area contributed by atoms with Crippen LogP contribution in [0, 0.1) is 11.8 Å². The molecule has 3 heterocycles. The van der Waals surface area contributed by atoms with Gasteiger partial charge in [0, 0.05) is 10.9 Å². The van der Waals surface area contributed by atoms with Crippen molar-refractivity contribution in [2.45, 2.75) is 41.8 Å². The van der Waals surface area contributed by atoms with Gasteiger partial charge in [0.25, 0.3) is 0 Å². The number of hydrogen-bond acceptors (Lipinski definition) is 7. The van der Waals surface area contributed by atoms with Crippen LogP contribution in [0.2, 0.25) is 0 Å². The lowest BCUT2D eigenvalue weighted by Crippen LogP contribution is -2.52. The van der Waals surface area contributed by atoms with Gasteiger partial charge < -0.3 is 24.8 Å². The standard InChI is InChI=1S/C27H30N2O6S/c1-3-35-26(33)21-20-13-14-27(36-20)22(21)25(32)29(19(15-30)16-7-5-4-6-8-16)23(27)24(31)28-17-9-11-18(34-2)12-10-17/h4-12,19-23,30H,3,13-15H2,1-2H3,(H,28,31)/t19-,20-,21+,22+,23?,27?/m1/s1. The number of ether oxygens (including phenoxy) is 2. The number of esters is 1. The number of amides is 2. The number of hydrogen-bond donors (Lipinski definition) is 2. The zero-order valence-corrected chi connectivity index (χ0v) is 21.1. The lowest BCUT2D eigenvalue weighted by Gasteiger charge is -2.37. The van der Waals surface area contributed by atoms with E-state index in [1.807, 2.05) is 30.3 Å². The normalized spacial score (nSPS) is 29.1. The molecule has 2 bridgehead atoms. The molecule has 36 heavy (non-hydrogen) atoms. The van der Waals surface area contributed by atoms with Crippen LogP contribution in [0.1, 0.15) is 31.4 Å². The third kappa shape index (κ3) is 3.85. The minimum atomic E-state index is -0.858. The molecule has 6 atom stereocenters. The summed E-state index contributed by atoms with van der Waals surface area (Å²) in [4.78, 5) is 42.6. The summed E-state index contributed by atoms with van der Waals surface area (Å²) >= 11 is 1.57. The number of fused-ring (bicyclic) bond motifs is 1. The number of thioether (sulfide) groups is 1. The highest BCUT2D eigenvalue weighted by Crippen LogP contribution is 2.67. The van der Waals surface area contributed by atoms with Gasteiger partial charge in [0.1, 0.15) is 11.8 Å². The van der Waals surface area contributed by atoms with E-state index in [0.717, 1.165) is 12.0 Å². The molecule has 0 aliphatic carbocycles. The highest BCUT2D eigenvalue weighted by Gasteiger charge is 2.74. The second kappa shape index (κ2) is 9.78. The molecule has 8 nitrogen and oxygen atoms in total. The predicted molar refractivity (Wildman–Crippen MR) is 135 cm³/mol. The molecule has 3 aliphatic heterocycles. The molecule has 2 unspecified atom stereocenters. The quantitative estimate of drug-likeness (QED) is 0.526. The molecule has 0 radical (unpaired) electrons. The number of aliphatic hydroxyl groups excluding tert-OH is 1. The molecule has 2 N–H and O–H groups in total. The summed E-state index contributed by atoms with van der Waals surface area (Å²) in [6, 6.07) is 14.6. The zero-order valence-electron chi connectivity index (χ0n) is 20.3. The number of anilines is 1. The van der Waals surface area contributed by atoms with Crippen LogP contribution in [-0.4, -0.2) is 64.2 Å². The van der Waals surface area contributed by atoms with Crippen molar-refractivity contribution < 1.29 is 29.0 Å². The predicted octanol–water partition coefficient (Wildman–Crippen LogP) is 3.02. The minimum Gasteiger partial charge on any atom is -0.497 e. The Morgan fingerprint density at radius 3 is 2.56 bits per heavy atom. The maximum absolute atomic E-state index is 14.1. The molecule has 3 aliphatic rings. The number of benzene rings is 2. The number of likely N-dealkylation sites (tertiary alicyclic amines) is 1. The highest BCUT2D eigenvalue weighted by atomic mass is 32.2. The lowest BCUT2D eigenvalue weighted by atomic mass is 9.71. The topological polar surface area (TPSA) is 105 Å². The fourth-order valence-corrected chi connectivity index (χ4v) is 8.34. The van der Waals surface area contributed by atoms with Gasteiger partial charge in [-0.1, -0.05) is 30.3 Å². The van der Waals surface area contributed by atoms with E-state index in [1.54, 1.807) is 50.1 Å². The number of carbonyl (C=O) groups is 3. The van der Waals surface area contributed by atoms with Gasteiger partial charge >= 0.3 is 5.97 Å². The first-order chi connectivity index (χ1) is 17.4. The molecule has 2 amide bonds. The van der Waals surface area contributed by atoms with Gasteiger partial charge in [-0.25, -0.2) is 0 Å². The summed E-state index contributed by atoms with van der Waals surface area (Å²) < 4.78 is 9.81. The first kappa shape index (κ1) is 24.6. The first-order valence-electron chi connectivity index (χ1n) is 12.2. The van der Waals surface area contributed by atoms with Gasteiger partial charge in [-0.15, -0.1) is 11.8 Å². The maximum atomic E-state index is 14.1. The van der Waals surface area contributed by atoms with Crippen LogP contribution < -0.4 is 10.1 Å². The molecule has 9 heteroatoms. The summed E-state index contributed by atoms with van der Waals surface area (Å²) in [5.74, 6) is -1.61. The van der Waals surface area contributed by atoms with E-state index in [9.17, 15) is 19.5 Å². The fraction of sp³-hybridized carbons (Fsp3) is 0.444. The maximum Gasteiger partial charge on any atom is 0.310 e. The van der Waals surface area contributed by atoms with E-state index in [1.165, 1.54) is 4.90 Å². The van der Waals surface area contributed by atoms with Crippen molar-refractivity contribution in [2.24, 2.45) is 11.8 Å².